The Morgan fingerprint density at radius 3 is 2.53 bits per heavy atom. The molecule has 0 unspecified atom stereocenters. The average molecular weight is 253 g/mol. The Morgan fingerprint density at radius 2 is 1.88 bits per heavy atom. The lowest BCUT2D eigenvalue weighted by Crippen LogP contribution is -2.11. The highest BCUT2D eigenvalue weighted by Gasteiger charge is 2.16. The predicted octanol–water partition coefficient (Wildman–Crippen LogP) is 2.82. The van der Waals surface area contributed by atoms with E-state index in [4.69, 9.17) is 21.1 Å². The molecule has 2 rings (SSSR count). The van der Waals surface area contributed by atoms with Gasteiger partial charge >= 0.3 is 0 Å². The van der Waals surface area contributed by atoms with Gasteiger partial charge in [-0.05, 0) is 18.2 Å². The molecule has 4 nitrogen and oxygen atoms in total. The maximum Gasteiger partial charge on any atom is 0.200 e. The molecule has 0 N–H and O–H groups in total. The summed E-state index contributed by atoms with van der Waals surface area (Å²) in [7, 11) is 3.16. The zero-order chi connectivity index (χ0) is 12.3. The van der Waals surface area contributed by atoms with Crippen LogP contribution in [0.2, 0.25) is 5.02 Å². The molecule has 17 heavy (non-hydrogen) atoms. The number of aromatic nitrogens is 2. The molecule has 0 aliphatic carbocycles. The Labute approximate surface area is 105 Å². The van der Waals surface area contributed by atoms with E-state index in [0.29, 0.717) is 5.02 Å². The summed E-state index contributed by atoms with van der Waals surface area (Å²) < 4.78 is 12.1. The van der Waals surface area contributed by atoms with Crippen LogP contribution >= 0.6 is 11.6 Å². The van der Waals surface area contributed by atoms with Crippen LogP contribution < -0.4 is 0 Å². The average Bonchev–Trinajstić information content (AvgIpc) is 2.80. The topological polar surface area (TPSA) is 36.3 Å². The molecule has 1 heterocycles. The van der Waals surface area contributed by atoms with Crippen LogP contribution in [-0.2, 0) is 9.47 Å². The van der Waals surface area contributed by atoms with Gasteiger partial charge in [0.2, 0.25) is 6.29 Å². The molecule has 0 saturated carbocycles. The van der Waals surface area contributed by atoms with Crippen LogP contribution in [-0.4, -0.2) is 24.0 Å². The molecule has 0 spiro atoms. The van der Waals surface area contributed by atoms with Gasteiger partial charge in [-0.3, -0.25) is 0 Å². The lowest BCUT2D eigenvalue weighted by molar-refractivity contribution is -0.109. The van der Waals surface area contributed by atoms with E-state index >= 15 is 0 Å². The summed E-state index contributed by atoms with van der Waals surface area (Å²) >= 11 is 6.14. The molecule has 90 valence electrons. The van der Waals surface area contributed by atoms with Gasteiger partial charge in [0.05, 0.1) is 10.7 Å². The second-order valence-electron chi connectivity index (χ2n) is 3.42. The first-order valence-corrected chi connectivity index (χ1v) is 5.50. The summed E-state index contributed by atoms with van der Waals surface area (Å²) in [5.41, 5.74) is 1.59. The number of methoxy groups -OCH3 is 2. The van der Waals surface area contributed by atoms with E-state index in [9.17, 15) is 0 Å². The van der Waals surface area contributed by atoms with Crippen molar-refractivity contribution in [1.29, 1.82) is 0 Å². The van der Waals surface area contributed by atoms with Crippen molar-refractivity contribution in [2.75, 3.05) is 14.2 Å². The standard InChI is InChI=1S/C12H13ClN2O2/c1-16-12(17-2)11-7-8-14-15(11)10-6-4-3-5-9(10)13/h3-8,12H,1-2H3. The quantitative estimate of drug-likeness (QED) is 0.785. The fourth-order valence-corrected chi connectivity index (χ4v) is 1.87. The molecule has 0 aliphatic heterocycles. The van der Waals surface area contributed by atoms with Crippen molar-refractivity contribution in [2.24, 2.45) is 0 Å². The fourth-order valence-electron chi connectivity index (χ4n) is 1.65. The minimum absolute atomic E-state index is 0.464. The molecule has 0 fully saturated rings. The molecule has 0 atom stereocenters. The molecular weight excluding hydrogens is 240 g/mol. The van der Waals surface area contributed by atoms with Gasteiger partial charge in [0.1, 0.15) is 5.69 Å². The zero-order valence-corrected chi connectivity index (χ0v) is 10.4. The van der Waals surface area contributed by atoms with Crippen LogP contribution in [0.5, 0.6) is 0 Å². The lowest BCUT2D eigenvalue weighted by Gasteiger charge is -2.15. The van der Waals surface area contributed by atoms with Gasteiger partial charge in [-0.1, -0.05) is 23.7 Å². The number of hydrogen-bond donors (Lipinski definition) is 0. The Bertz CT molecular complexity index is 495. The Hall–Kier alpha value is -1.36. The van der Waals surface area contributed by atoms with Gasteiger partial charge in [-0.15, -0.1) is 0 Å². The third-order valence-electron chi connectivity index (χ3n) is 2.42. The Balaban J connectivity index is 2.47. The molecule has 0 aliphatic rings. The molecule has 0 radical (unpaired) electrons. The molecule has 0 bridgehead atoms. The summed E-state index contributed by atoms with van der Waals surface area (Å²) in [4.78, 5) is 0. The maximum atomic E-state index is 6.14. The third kappa shape index (κ3) is 2.34. The summed E-state index contributed by atoms with van der Waals surface area (Å²) in [5.74, 6) is 0. The van der Waals surface area contributed by atoms with Gasteiger partial charge in [-0.2, -0.15) is 5.10 Å². The van der Waals surface area contributed by atoms with Crippen molar-refractivity contribution in [3.63, 3.8) is 0 Å². The Morgan fingerprint density at radius 1 is 1.18 bits per heavy atom. The SMILES string of the molecule is COC(OC)c1ccnn1-c1ccccc1Cl. The maximum absolute atomic E-state index is 6.14. The van der Waals surface area contributed by atoms with Crippen LogP contribution in [0.1, 0.15) is 12.0 Å². The Kier molecular flexibility index (Phi) is 3.78. The van der Waals surface area contributed by atoms with Crippen molar-refractivity contribution < 1.29 is 9.47 Å². The second-order valence-corrected chi connectivity index (χ2v) is 3.83. The van der Waals surface area contributed by atoms with Crippen LogP contribution in [0.15, 0.2) is 36.5 Å². The highest BCUT2D eigenvalue weighted by Crippen LogP contribution is 2.24. The number of halogens is 1. The minimum atomic E-state index is -0.464. The van der Waals surface area contributed by atoms with Crippen LogP contribution in [0.3, 0.4) is 0 Å². The first-order chi connectivity index (χ1) is 8.27. The molecule has 0 saturated heterocycles. The summed E-state index contributed by atoms with van der Waals surface area (Å²) in [5, 5.41) is 4.86. The summed E-state index contributed by atoms with van der Waals surface area (Å²) in [6, 6.07) is 9.32. The van der Waals surface area contributed by atoms with E-state index in [0.717, 1.165) is 11.4 Å². The molecule has 2 aromatic rings. The number of ether oxygens (including phenoxy) is 2. The summed E-state index contributed by atoms with van der Waals surface area (Å²) in [6.07, 6.45) is 1.22. The fraction of sp³-hybridized carbons (Fsp3) is 0.250. The van der Waals surface area contributed by atoms with Crippen LogP contribution in [0.25, 0.3) is 5.69 Å². The highest BCUT2D eigenvalue weighted by atomic mass is 35.5. The monoisotopic (exact) mass is 252 g/mol. The van der Waals surface area contributed by atoms with Crippen molar-refractivity contribution in [3.8, 4) is 5.69 Å². The molecule has 1 aromatic carbocycles. The zero-order valence-electron chi connectivity index (χ0n) is 9.63. The third-order valence-corrected chi connectivity index (χ3v) is 2.74. The number of rotatable bonds is 4. The van der Waals surface area contributed by atoms with Gasteiger partial charge in [-0.25, -0.2) is 4.68 Å². The van der Waals surface area contributed by atoms with Crippen molar-refractivity contribution in [3.05, 3.63) is 47.2 Å². The molecule has 1 aromatic heterocycles. The van der Waals surface area contributed by atoms with Gasteiger partial charge in [0.15, 0.2) is 0 Å². The first-order valence-electron chi connectivity index (χ1n) is 5.12. The van der Waals surface area contributed by atoms with Crippen molar-refractivity contribution in [2.45, 2.75) is 6.29 Å². The van der Waals surface area contributed by atoms with Crippen molar-refractivity contribution >= 4 is 11.6 Å². The normalized spacial score (nSPS) is 11.1. The van der Waals surface area contributed by atoms with Gasteiger partial charge < -0.3 is 9.47 Å². The van der Waals surface area contributed by atoms with E-state index in [-0.39, 0.29) is 0 Å². The number of hydrogen-bond acceptors (Lipinski definition) is 3. The predicted molar refractivity (Wildman–Crippen MR) is 65.3 cm³/mol. The van der Waals surface area contributed by atoms with Gasteiger partial charge in [0, 0.05) is 20.4 Å². The molecular formula is C12H13ClN2O2. The van der Waals surface area contributed by atoms with Crippen molar-refractivity contribution in [1.82, 2.24) is 9.78 Å². The van der Waals surface area contributed by atoms with E-state index in [1.54, 1.807) is 25.1 Å². The molecule has 5 heteroatoms. The van der Waals surface area contributed by atoms with E-state index in [1.165, 1.54) is 0 Å². The summed E-state index contributed by atoms with van der Waals surface area (Å²) in [6.45, 7) is 0. The van der Waals surface area contributed by atoms with Gasteiger partial charge in [0.25, 0.3) is 0 Å². The highest BCUT2D eigenvalue weighted by molar-refractivity contribution is 6.32. The molecule has 0 amide bonds. The lowest BCUT2D eigenvalue weighted by atomic mass is 10.3. The van der Waals surface area contributed by atoms with Crippen LogP contribution in [0.4, 0.5) is 0 Å². The number of nitrogens with zero attached hydrogens (tertiary/aromatic N) is 2. The van der Waals surface area contributed by atoms with E-state index < -0.39 is 6.29 Å². The number of para-hydroxylation sites is 1. The van der Waals surface area contributed by atoms with Crippen LogP contribution in [0, 0.1) is 0 Å². The second kappa shape index (κ2) is 5.31. The first kappa shape index (κ1) is 12.1. The van der Waals surface area contributed by atoms with E-state index in [1.807, 2.05) is 30.3 Å². The smallest absolute Gasteiger partial charge is 0.200 e. The largest absolute Gasteiger partial charge is 0.350 e. The van der Waals surface area contributed by atoms with E-state index in [2.05, 4.69) is 5.10 Å². The number of benzene rings is 1. The minimum Gasteiger partial charge on any atom is -0.350 e.